The zero-order valence-electron chi connectivity index (χ0n) is 17.5. The van der Waals surface area contributed by atoms with Crippen LogP contribution in [0.2, 0.25) is 0 Å². The van der Waals surface area contributed by atoms with Gasteiger partial charge in [-0.05, 0) is 58.9 Å². The van der Waals surface area contributed by atoms with Crippen molar-refractivity contribution in [3.8, 4) is 16.9 Å². The van der Waals surface area contributed by atoms with Crippen LogP contribution < -0.4 is 19.8 Å². The summed E-state index contributed by atoms with van der Waals surface area (Å²) in [6, 6.07) is 15.4. The number of rotatable bonds is 6. The molecule has 4 rings (SSSR count). The van der Waals surface area contributed by atoms with Crippen molar-refractivity contribution in [3.05, 3.63) is 93.4 Å². The molecule has 1 amide bonds. The summed E-state index contributed by atoms with van der Waals surface area (Å²) in [5.41, 5.74) is 6.20. The Hall–Kier alpha value is -4.11. The number of aromatic nitrogens is 3. The number of nitrogens with one attached hydrogen (secondary N) is 2. The highest BCUT2D eigenvalue weighted by molar-refractivity contribution is 7.11. The van der Waals surface area contributed by atoms with Crippen LogP contribution in [0.4, 0.5) is 5.69 Å². The van der Waals surface area contributed by atoms with Crippen LogP contribution in [-0.2, 0) is 0 Å². The molecule has 8 nitrogen and oxygen atoms in total. The molecule has 1 aromatic carbocycles. The quantitative estimate of drug-likeness (QED) is 0.271. The van der Waals surface area contributed by atoms with Crippen LogP contribution in [0.15, 0.2) is 83.2 Å². The Morgan fingerprint density at radius 2 is 1.72 bits per heavy atom. The first-order valence-corrected chi connectivity index (χ1v) is 10.6. The van der Waals surface area contributed by atoms with Gasteiger partial charge in [0.05, 0.1) is 18.6 Å². The highest BCUT2D eigenvalue weighted by Crippen LogP contribution is 2.21. The van der Waals surface area contributed by atoms with E-state index in [9.17, 15) is 9.59 Å². The standard InChI is InChI=1S/C23H20N6O2S/c1-28(2)19-5-3-16(4-6-19)17-9-13-29(14-10-17)21-20(32-23(31)26-21)15-25-27-22(30)18-7-11-24-12-8-18/h3-15H,1-2H3,(H-,24,25,26,27,30,31)/p+1. The van der Waals surface area contributed by atoms with Gasteiger partial charge in [-0.1, -0.05) is 12.1 Å². The first-order chi connectivity index (χ1) is 15.5. The van der Waals surface area contributed by atoms with Crippen molar-refractivity contribution in [2.45, 2.75) is 0 Å². The van der Waals surface area contributed by atoms with Gasteiger partial charge in [-0.25, -0.2) is 14.8 Å². The molecule has 2 N–H and O–H groups in total. The molecule has 0 saturated carbocycles. The van der Waals surface area contributed by atoms with E-state index in [-0.39, 0.29) is 10.8 Å². The number of thiazole rings is 1. The molecule has 0 spiro atoms. The van der Waals surface area contributed by atoms with Crippen molar-refractivity contribution in [2.24, 2.45) is 5.10 Å². The Morgan fingerprint density at radius 1 is 1.06 bits per heavy atom. The first-order valence-electron chi connectivity index (χ1n) is 9.77. The summed E-state index contributed by atoms with van der Waals surface area (Å²) < 4.78 is 1.81. The van der Waals surface area contributed by atoms with E-state index in [0.717, 1.165) is 28.2 Å². The van der Waals surface area contributed by atoms with Gasteiger partial charge < -0.3 is 4.90 Å². The van der Waals surface area contributed by atoms with Crippen LogP contribution in [-0.4, -0.2) is 36.2 Å². The van der Waals surface area contributed by atoms with Gasteiger partial charge >= 0.3 is 10.7 Å². The van der Waals surface area contributed by atoms with Gasteiger partial charge in [-0.15, -0.1) is 0 Å². The molecule has 0 radical (unpaired) electrons. The smallest absolute Gasteiger partial charge is 0.378 e. The molecule has 0 unspecified atom stereocenters. The van der Waals surface area contributed by atoms with Crippen molar-refractivity contribution in [2.75, 3.05) is 19.0 Å². The fraction of sp³-hybridized carbons (Fsp3) is 0.0870. The highest BCUT2D eigenvalue weighted by atomic mass is 32.1. The molecule has 0 fully saturated rings. The maximum Gasteiger partial charge on any atom is 0.390 e. The number of nitrogens with zero attached hydrogens (tertiary/aromatic N) is 4. The minimum Gasteiger partial charge on any atom is -0.378 e. The van der Waals surface area contributed by atoms with Crippen molar-refractivity contribution in [3.63, 3.8) is 0 Å². The minimum atomic E-state index is -0.356. The number of carbonyl (C=O) groups excluding carboxylic acids is 1. The van der Waals surface area contributed by atoms with Gasteiger partial charge in [-0.3, -0.25) is 9.78 Å². The van der Waals surface area contributed by atoms with Crippen molar-refractivity contribution < 1.29 is 9.36 Å². The number of carbonyl (C=O) groups is 1. The molecule has 160 valence electrons. The summed E-state index contributed by atoms with van der Waals surface area (Å²) in [7, 11) is 4.01. The third kappa shape index (κ3) is 4.79. The summed E-state index contributed by atoms with van der Waals surface area (Å²) in [6.07, 6.45) is 8.27. The van der Waals surface area contributed by atoms with E-state index in [1.807, 2.05) is 43.2 Å². The van der Waals surface area contributed by atoms with E-state index in [0.29, 0.717) is 16.3 Å². The third-order valence-corrected chi connectivity index (χ3v) is 5.56. The number of aromatic amines is 1. The molecule has 0 saturated heterocycles. The zero-order chi connectivity index (χ0) is 22.5. The van der Waals surface area contributed by atoms with Gasteiger partial charge in [0.15, 0.2) is 0 Å². The van der Waals surface area contributed by atoms with E-state index in [1.54, 1.807) is 12.1 Å². The fourth-order valence-electron chi connectivity index (χ4n) is 3.05. The fourth-order valence-corrected chi connectivity index (χ4v) is 3.75. The molecule has 0 aliphatic rings. The van der Waals surface area contributed by atoms with Crippen molar-refractivity contribution >= 4 is 29.1 Å². The lowest BCUT2D eigenvalue weighted by molar-refractivity contribution is -0.599. The van der Waals surface area contributed by atoms with E-state index < -0.39 is 0 Å². The number of hydrazone groups is 1. The molecule has 0 aliphatic heterocycles. The number of hydrogen-bond acceptors (Lipinski definition) is 6. The average Bonchev–Trinajstić information content (AvgIpc) is 3.20. The Labute approximate surface area is 188 Å². The maximum absolute atomic E-state index is 12.1. The lowest BCUT2D eigenvalue weighted by Crippen LogP contribution is -2.31. The summed E-state index contributed by atoms with van der Waals surface area (Å²) in [4.78, 5) is 33.2. The van der Waals surface area contributed by atoms with Crippen LogP contribution in [0.25, 0.3) is 16.9 Å². The lowest BCUT2D eigenvalue weighted by Gasteiger charge is -2.12. The molecule has 0 atom stereocenters. The Bertz CT molecular complexity index is 1290. The molecule has 4 aromatic rings. The Morgan fingerprint density at radius 3 is 2.38 bits per heavy atom. The molecule has 9 heteroatoms. The van der Waals surface area contributed by atoms with E-state index >= 15 is 0 Å². The van der Waals surface area contributed by atoms with Crippen LogP contribution in [0.3, 0.4) is 0 Å². The van der Waals surface area contributed by atoms with Crippen LogP contribution in [0.5, 0.6) is 0 Å². The van der Waals surface area contributed by atoms with Crippen molar-refractivity contribution in [1.82, 2.24) is 15.4 Å². The monoisotopic (exact) mass is 445 g/mol. The first kappa shape index (κ1) is 21.1. The van der Waals surface area contributed by atoms with E-state index in [1.165, 1.54) is 18.6 Å². The molecule has 0 bridgehead atoms. The summed E-state index contributed by atoms with van der Waals surface area (Å²) >= 11 is 1.01. The summed E-state index contributed by atoms with van der Waals surface area (Å²) in [6.45, 7) is 0. The average molecular weight is 446 g/mol. The lowest BCUT2D eigenvalue weighted by atomic mass is 10.1. The molecule has 0 aliphatic carbocycles. The van der Waals surface area contributed by atoms with Crippen LogP contribution >= 0.6 is 11.3 Å². The second-order valence-corrected chi connectivity index (χ2v) is 8.11. The van der Waals surface area contributed by atoms with Gasteiger partial charge in [0, 0.05) is 37.7 Å². The number of hydrogen-bond donors (Lipinski definition) is 2. The predicted molar refractivity (Wildman–Crippen MR) is 126 cm³/mol. The SMILES string of the molecule is CN(C)c1ccc(-c2cc[n+](-c3[nH]c(=O)sc3/C=N\NC(=O)c3ccncc3)cc2)cc1. The number of benzene rings is 1. The second kappa shape index (κ2) is 9.36. The largest absolute Gasteiger partial charge is 0.390 e. The summed E-state index contributed by atoms with van der Waals surface area (Å²) in [5, 5.41) is 3.99. The van der Waals surface area contributed by atoms with Gasteiger partial charge in [-0.2, -0.15) is 10.1 Å². The summed E-state index contributed by atoms with van der Waals surface area (Å²) in [5.74, 6) is 0.224. The topological polar surface area (TPSA) is 94.3 Å². The van der Waals surface area contributed by atoms with Gasteiger partial charge in [0.2, 0.25) is 0 Å². The molecule has 3 aromatic heterocycles. The second-order valence-electron chi connectivity index (χ2n) is 7.10. The van der Waals surface area contributed by atoms with Gasteiger partial charge in [0.1, 0.15) is 4.88 Å². The minimum absolute atomic E-state index is 0.210. The van der Waals surface area contributed by atoms with E-state index in [4.69, 9.17) is 0 Å². The van der Waals surface area contributed by atoms with Crippen molar-refractivity contribution in [1.29, 1.82) is 0 Å². The zero-order valence-corrected chi connectivity index (χ0v) is 18.3. The Balaban J connectivity index is 1.52. The molecular weight excluding hydrogens is 424 g/mol. The predicted octanol–water partition coefficient (Wildman–Crippen LogP) is 2.61. The number of amides is 1. The van der Waals surface area contributed by atoms with E-state index in [2.05, 4.69) is 49.7 Å². The molecular formula is C23H21N6O2S+. The van der Waals surface area contributed by atoms with Crippen LogP contribution in [0.1, 0.15) is 15.2 Å². The highest BCUT2D eigenvalue weighted by Gasteiger charge is 2.16. The Kier molecular flexibility index (Phi) is 6.18. The van der Waals surface area contributed by atoms with Gasteiger partial charge in [0.25, 0.3) is 5.91 Å². The van der Waals surface area contributed by atoms with Crippen LogP contribution in [0, 0.1) is 0 Å². The molecule has 32 heavy (non-hydrogen) atoms. The maximum atomic E-state index is 12.1. The number of pyridine rings is 2. The third-order valence-electron chi connectivity index (χ3n) is 4.75. The number of anilines is 1. The normalized spacial score (nSPS) is 10.9. The number of H-pyrrole nitrogens is 1. The molecule has 3 heterocycles.